The fraction of sp³-hybridized carbons (Fsp3) is 0.462. The lowest BCUT2D eigenvalue weighted by Gasteiger charge is -2.30. The van der Waals surface area contributed by atoms with Gasteiger partial charge < -0.3 is 14.7 Å². The Hall–Kier alpha value is -1.95. The molecule has 1 aliphatic rings. The fourth-order valence-corrected chi connectivity index (χ4v) is 1.98. The average Bonchev–Trinajstić information content (AvgIpc) is 2.46. The van der Waals surface area contributed by atoms with Gasteiger partial charge in [0.15, 0.2) is 6.10 Å². The summed E-state index contributed by atoms with van der Waals surface area (Å²) >= 11 is 0. The molecule has 1 aromatic rings. The average molecular weight is 264 g/mol. The van der Waals surface area contributed by atoms with Gasteiger partial charge in [0.1, 0.15) is 0 Å². The van der Waals surface area contributed by atoms with Crippen LogP contribution in [0.1, 0.15) is 12.0 Å². The minimum atomic E-state index is -1.02. The third-order valence-corrected chi connectivity index (χ3v) is 3.07. The molecule has 0 spiro atoms. The molecule has 0 aromatic carbocycles. The van der Waals surface area contributed by atoms with Gasteiger partial charge in [0.05, 0.1) is 13.2 Å². The normalized spacial score (nSPS) is 19.2. The molecule has 1 aliphatic heterocycles. The Morgan fingerprint density at radius 2 is 2.16 bits per heavy atom. The molecule has 0 bridgehead atoms. The van der Waals surface area contributed by atoms with E-state index in [1.165, 1.54) is 0 Å². The number of carboxylic acids is 1. The Balaban J connectivity index is 1.84. The van der Waals surface area contributed by atoms with Gasteiger partial charge in [-0.2, -0.15) is 0 Å². The molecule has 102 valence electrons. The first-order valence-corrected chi connectivity index (χ1v) is 6.18. The van der Waals surface area contributed by atoms with Crippen LogP contribution in [0, 0.1) is 0 Å². The lowest BCUT2D eigenvalue weighted by molar-refractivity contribution is -0.159. The molecule has 1 aromatic heterocycles. The van der Waals surface area contributed by atoms with Crippen molar-refractivity contribution in [1.29, 1.82) is 0 Å². The molecule has 0 aliphatic carbocycles. The van der Waals surface area contributed by atoms with E-state index in [1.807, 2.05) is 12.1 Å². The van der Waals surface area contributed by atoms with Gasteiger partial charge >= 0.3 is 5.97 Å². The number of amides is 1. The van der Waals surface area contributed by atoms with Gasteiger partial charge in [-0.1, -0.05) is 0 Å². The summed E-state index contributed by atoms with van der Waals surface area (Å²) in [6.45, 7) is 0.863. The molecule has 1 amide bonds. The zero-order chi connectivity index (χ0) is 13.7. The molecule has 1 fully saturated rings. The summed E-state index contributed by atoms with van der Waals surface area (Å²) in [6, 6.07) is 3.74. The smallest absolute Gasteiger partial charge is 0.334 e. The van der Waals surface area contributed by atoms with Crippen molar-refractivity contribution in [2.45, 2.75) is 18.9 Å². The van der Waals surface area contributed by atoms with E-state index in [2.05, 4.69) is 4.98 Å². The summed E-state index contributed by atoms with van der Waals surface area (Å²) < 4.78 is 5.08. The van der Waals surface area contributed by atoms with E-state index >= 15 is 0 Å². The number of hydrogen-bond acceptors (Lipinski definition) is 4. The van der Waals surface area contributed by atoms with Gasteiger partial charge in [0.2, 0.25) is 5.91 Å². The third kappa shape index (κ3) is 3.75. The Labute approximate surface area is 111 Å². The van der Waals surface area contributed by atoms with Crippen molar-refractivity contribution in [3.05, 3.63) is 30.1 Å². The molecule has 1 saturated heterocycles. The summed E-state index contributed by atoms with van der Waals surface area (Å²) in [5, 5.41) is 8.88. The predicted molar refractivity (Wildman–Crippen MR) is 66.5 cm³/mol. The first-order chi connectivity index (χ1) is 9.16. The topological polar surface area (TPSA) is 79.7 Å². The lowest BCUT2D eigenvalue weighted by Crippen LogP contribution is -2.48. The molecule has 0 radical (unpaired) electrons. The van der Waals surface area contributed by atoms with Crippen molar-refractivity contribution in [1.82, 2.24) is 9.88 Å². The summed E-state index contributed by atoms with van der Waals surface area (Å²) in [7, 11) is 0. The Morgan fingerprint density at radius 3 is 2.84 bits per heavy atom. The largest absolute Gasteiger partial charge is 0.479 e. The van der Waals surface area contributed by atoms with E-state index in [4.69, 9.17) is 9.84 Å². The molecule has 1 N–H and O–H groups in total. The number of ether oxygens (including phenoxy) is 1. The SMILES string of the molecule is O=C(O)C1CN(C(=O)CCc2ccncc2)CCO1. The number of aromatic nitrogens is 1. The molecule has 6 heteroatoms. The minimum absolute atomic E-state index is 0.0358. The van der Waals surface area contributed by atoms with Crippen molar-refractivity contribution in [3.8, 4) is 0 Å². The molecule has 2 rings (SSSR count). The van der Waals surface area contributed by atoms with Crippen LogP contribution in [0.25, 0.3) is 0 Å². The number of carbonyl (C=O) groups is 2. The highest BCUT2D eigenvalue weighted by atomic mass is 16.5. The lowest BCUT2D eigenvalue weighted by atomic mass is 10.1. The predicted octanol–water partition coefficient (Wildman–Crippen LogP) is 0.326. The first kappa shape index (κ1) is 13.5. The van der Waals surface area contributed by atoms with Crippen molar-refractivity contribution >= 4 is 11.9 Å². The van der Waals surface area contributed by atoms with Crippen LogP contribution in [0.2, 0.25) is 0 Å². The quantitative estimate of drug-likeness (QED) is 0.847. The van der Waals surface area contributed by atoms with Crippen LogP contribution < -0.4 is 0 Å². The highest BCUT2D eigenvalue weighted by Crippen LogP contribution is 2.09. The molecule has 6 nitrogen and oxygen atoms in total. The van der Waals surface area contributed by atoms with Gasteiger partial charge in [-0.25, -0.2) is 4.79 Å². The second-order valence-electron chi connectivity index (χ2n) is 4.39. The van der Waals surface area contributed by atoms with E-state index < -0.39 is 12.1 Å². The number of aryl methyl sites for hydroxylation is 1. The van der Waals surface area contributed by atoms with Crippen molar-refractivity contribution in [2.24, 2.45) is 0 Å². The Morgan fingerprint density at radius 1 is 1.42 bits per heavy atom. The van der Waals surface area contributed by atoms with Gasteiger partial charge in [-0.3, -0.25) is 9.78 Å². The molecular formula is C13H16N2O4. The van der Waals surface area contributed by atoms with E-state index in [1.54, 1.807) is 17.3 Å². The van der Waals surface area contributed by atoms with Crippen LogP contribution in [-0.2, 0) is 20.7 Å². The summed E-state index contributed by atoms with van der Waals surface area (Å²) in [6.07, 6.45) is 3.48. The van der Waals surface area contributed by atoms with E-state index in [0.717, 1.165) is 5.56 Å². The standard InChI is InChI=1S/C13H16N2O4/c16-12(2-1-10-3-5-14-6-4-10)15-7-8-19-11(9-15)13(17)18/h3-6,11H,1-2,7-9H2,(H,17,18). The number of carbonyl (C=O) groups excluding carboxylic acids is 1. The number of morpholine rings is 1. The number of nitrogens with zero attached hydrogens (tertiary/aromatic N) is 2. The van der Waals surface area contributed by atoms with Gasteiger partial charge in [0, 0.05) is 25.4 Å². The minimum Gasteiger partial charge on any atom is -0.479 e. The van der Waals surface area contributed by atoms with Gasteiger partial charge in [-0.15, -0.1) is 0 Å². The van der Waals surface area contributed by atoms with E-state index in [-0.39, 0.29) is 19.1 Å². The molecule has 1 atom stereocenters. The maximum atomic E-state index is 12.0. The first-order valence-electron chi connectivity index (χ1n) is 6.18. The number of carboxylic acid groups (broad SMARTS) is 1. The molecule has 19 heavy (non-hydrogen) atoms. The number of pyridine rings is 1. The second-order valence-corrected chi connectivity index (χ2v) is 4.39. The van der Waals surface area contributed by atoms with Crippen molar-refractivity contribution in [3.63, 3.8) is 0 Å². The van der Waals surface area contributed by atoms with Crippen LogP contribution in [0.4, 0.5) is 0 Å². The van der Waals surface area contributed by atoms with Crippen LogP contribution in [-0.4, -0.2) is 52.7 Å². The molecular weight excluding hydrogens is 248 g/mol. The molecule has 1 unspecified atom stereocenters. The van der Waals surface area contributed by atoms with E-state index in [9.17, 15) is 9.59 Å². The fourth-order valence-electron chi connectivity index (χ4n) is 1.98. The number of hydrogen-bond donors (Lipinski definition) is 1. The zero-order valence-electron chi connectivity index (χ0n) is 10.5. The maximum Gasteiger partial charge on any atom is 0.334 e. The number of aliphatic carboxylic acids is 1. The summed E-state index contributed by atoms with van der Waals surface area (Å²) in [5.74, 6) is -1.06. The number of rotatable bonds is 4. The van der Waals surface area contributed by atoms with Gasteiger partial charge in [-0.05, 0) is 24.1 Å². The van der Waals surface area contributed by atoms with E-state index in [0.29, 0.717) is 19.4 Å². The third-order valence-electron chi connectivity index (χ3n) is 3.07. The van der Waals surface area contributed by atoms with Crippen molar-refractivity contribution in [2.75, 3.05) is 19.7 Å². The monoisotopic (exact) mass is 264 g/mol. The van der Waals surface area contributed by atoms with Crippen LogP contribution in [0.5, 0.6) is 0 Å². The van der Waals surface area contributed by atoms with Crippen molar-refractivity contribution < 1.29 is 19.4 Å². The highest BCUT2D eigenvalue weighted by Gasteiger charge is 2.28. The van der Waals surface area contributed by atoms with Crippen LogP contribution in [0.15, 0.2) is 24.5 Å². The Bertz CT molecular complexity index is 449. The maximum absolute atomic E-state index is 12.0. The van der Waals surface area contributed by atoms with Crippen LogP contribution >= 0.6 is 0 Å². The molecule has 0 saturated carbocycles. The summed E-state index contributed by atoms with van der Waals surface area (Å²) in [5.41, 5.74) is 1.05. The van der Waals surface area contributed by atoms with Gasteiger partial charge in [0.25, 0.3) is 0 Å². The second kappa shape index (κ2) is 6.29. The highest BCUT2D eigenvalue weighted by molar-refractivity contribution is 5.78. The Kier molecular flexibility index (Phi) is 4.46. The zero-order valence-corrected chi connectivity index (χ0v) is 10.5. The molecule has 2 heterocycles. The van der Waals surface area contributed by atoms with Crippen LogP contribution in [0.3, 0.4) is 0 Å². The summed E-state index contributed by atoms with van der Waals surface area (Å²) in [4.78, 5) is 28.3.